The molecule has 3 nitrogen and oxygen atoms in total. The molecule has 0 saturated carbocycles. The van der Waals surface area contributed by atoms with E-state index in [0.29, 0.717) is 11.5 Å². The van der Waals surface area contributed by atoms with Crippen LogP contribution in [0.3, 0.4) is 0 Å². The predicted octanol–water partition coefficient (Wildman–Crippen LogP) is 11.7. The highest BCUT2D eigenvalue weighted by Gasteiger charge is 2.46. The molecule has 52 heavy (non-hydrogen) atoms. The standard InChI is InChI=1S/C49H39N3/c1-33-27-29-43(36(4)50-33)40-20-16-19-38(31-40)34(2)51-48(37-17-8-5-9-18-37)52-35(3)39-28-30-45-44-25-14-15-26-46(44)49(47(45)32-39,41-21-10-6-11-22-41)42-23-12-7-13-24-42/h5-32H,2H2,1,3-4H3. The molecule has 0 fully saturated rings. The Kier molecular flexibility index (Phi) is 8.62. The van der Waals surface area contributed by atoms with Crippen LogP contribution >= 0.6 is 0 Å². The molecule has 0 N–H and O–H groups in total. The van der Waals surface area contributed by atoms with E-state index in [2.05, 4.69) is 164 Å². The normalized spacial score (nSPS) is 13.4. The average Bonchev–Trinajstić information content (AvgIpc) is 3.49. The first-order valence-corrected chi connectivity index (χ1v) is 17.7. The van der Waals surface area contributed by atoms with Crippen molar-refractivity contribution < 1.29 is 0 Å². The fourth-order valence-electron chi connectivity index (χ4n) is 7.68. The van der Waals surface area contributed by atoms with Gasteiger partial charge < -0.3 is 0 Å². The Morgan fingerprint density at radius 3 is 1.81 bits per heavy atom. The molecule has 0 radical (unpaired) electrons. The Morgan fingerprint density at radius 2 is 1.12 bits per heavy atom. The maximum atomic E-state index is 5.25. The number of aliphatic imine (C=N–C) groups is 2. The molecule has 6 aromatic carbocycles. The molecule has 250 valence electrons. The number of benzene rings is 6. The third-order valence-corrected chi connectivity index (χ3v) is 10.2. The van der Waals surface area contributed by atoms with Gasteiger partial charge in [-0.2, -0.15) is 0 Å². The van der Waals surface area contributed by atoms with Crippen LogP contribution in [-0.2, 0) is 5.41 Å². The minimum atomic E-state index is -0.480. The molecule has 0 saturated heterocycles. The van der Waals surface area contributed by atoms with E-state index in [-0.39, 0.29) is 0 Å². The molecule has 1 aromatic heterocycles. The van der Waals surface area contributed by atoms with Gasteiger partial charge in [0.05, 0.1) is 11.1 Å². The van der Waals surface area contributed by atoms with Gasteiger partial charge in [-0.05, 0) is 83.5 Å². The van der Waals surface area contributed by atoms with Gasteiger partial charge >= 0.3 is 0 Å². The van der Waals surface area contributed by atoms with Crippen LogP contribution in [0.25, 0.3) is 28.0 Å². The molecule has 0 spiro atoms. The predicted molar refractivity (Wildman–Crippen MR) is 217 cm³/mol. The first kappa shape index (κ1) is 32.7. The number of pyridine rings is 1. The van der Waals surface area contributed by atoms with E-state index in [4.69, 9.17) is 9.98 Å². The van der Waals surface area contributed by atoms with Gasteiger partial charge in [-0.1, -0.05) is 158 Å². The molecule has 0 atom stereocenters. The summed E-state index contributed by atoms with van der Waals surface area (Å²) in [7, 11) is 0. The smallest absolute Gasteiger partial charge is 0.160 e. The van der Waals surface area contributed by atoms with Crippen molar-refractivity contribution in [2.75, 3.05) is 0 Å². The second-order valence-corrected chi connectivity index (χ2v) is 13.4. The van der Waals surface area contributed by atoms with Crippen LogP contribution in [-0.4, -0.2) is 16.5 Å². The molecule has 3 heteroatoms. The molecule has 0 unspecified atom stereocenters. The fourth-order valence-corrected chi connectivity index (χ4v) is 7.68. The number of nitrogens with zero attached hydrogens (tertiary/aromatic N) is 3. The van der Waals surface area contributed by atoms with Crippen LogP contribution in [0, 0.1) is 13.8 Å². The Labute approximate surface area is 306 Å². The fraction of sp³-hybridized carbons (Fsp3) is 0.0816. The Bertz CT molecular complexity index is 2450. The van der Waals surface area contributed by atoms with Crippen molar-refractivity contribution >= 4 is 17.2 Å². The lowest BCUT2D eigenvalue weighted by molar-refractivity contribution is 0.768. The summed E-state index contributed by atoms with van der Waals surface area (Å²) in [6, 6.07) is 60.1. The maximum absolute atomic E-state index is 5.25. The molecule has 8 rings (SSSR count). The minimum absolute atomic E-state index is 0.480. The lowest BCUT2D eigenvalue weighted by Gasteiger charge is -2.34. The highest BCUT2D eigenvalue weighted by molar-refractivity contribution is 6.13. The maximum Gasteiger partial charge on any atom is 0.160 e. The number of aryl methyl sites for hydroxylation is 2. The van der Waals surface area contributed by atoms with E-state index >= 15 is 0 Å². The van der Waals surface area contributed by atoms with E-state index in [9.17, 15) is 0 Å². The monoisotopic (exact) mass is 669 g/mol. The minimum Gasteiger partial charge on any atom is -0.258 e. The van der Waals surface area contributed by atoms with Gasteiger partial charge in [-0.3, -0.25) is 4.98 Å². The molecule has 7 aromatic rings. The third kappa shape index (κ3) is 5.80. The zero-order chi connectivity index (χ0) is 35.7. The summed E-state index contributed by atoms with van der Waals surface area (Å²) in [5.41, 5.74) is 15.6. The summed E-state index contributed by atoms with van der Waals surface area (Å²) < 4.78 is 0. The Hall–Kier alpha value is -6.45. The van der Waals surface area contributed by atoms with Gasteiger partial charge in [0.25, 0.3) is 0 Å². The SMILES string of the molecule is C=C(N=C(N=C(C)c1ccc2c(c1)C(c1ccccc1)(c1ccccc1)c1ccccc1-2)c1ccccc1)c1cccc(-c2ccc(C)nc2C)c1. The van der Waals surface area contributed by atoms with Crippen molar-refractivity contribution in [1.29, 1.82) is 0 Å². The largest absolute Gasteiger partial charge is 0.258 e. The van der Waals surface area contributed by atoms with Crippen LogP contribution in [0.5, 0.6) is 0 Å². The van der Waals surface area contributed by atoms with Crippen LogP contribution < -0.4 is 0 Å². The Balaban J connectivity index is 1.25. The first-order valence-electron chi connectivity index (χ1n) is 17.7. The molecular weight excluding hydrogens is 631 g/mol. The lowest BCUT2D eigenvalue weighted by Crippen LogP contribution is -2.28. The summed E-state index contributed by atoms with van der Waals surface area (Å²) in [5.74, 6) is 0.614. The summed E-state index contributed by atoms with van der Waals surface area (Å²) in [4.78, 5) is 15.0. The van der Waals surface area contributed by atoms with Crippen molar-refractivity contribution in [3.63, 3.8) is 0 Å². The van der Waals surface area contributed by atoms with Gasteiger partial charge in [0.2, 0.25) is 0 Å². The quantitative estimate of drug-likeness (QED) is 0.123. The van der Waals surface area contributed by atoms with Crippen molar-refractivity contribution in [3.8, 4) is 22.3 Å². The highest BCUT2D eigenvalue weighted by atomic mass is 14.9. The molecule has 1 heterocycles. The number of hydrogen-bond acceptors (Lipinski definition) is 2. The summed E-state index contributed by atoms with van der Waals surface area (Å²) in [6.45, 7) is 10.6. The average molecular weight is 670 g/mol. The van der Waals surface area contributed by atoms with Gasteiger partial charge in [0.1, 0.15) is 0 Å². The van der Waals surface area contributed by atoms with Crippen molar-refractivity contribution in [2.24, 2.45) is 9.98 Å². The second kappa shape index (κ2) is 13.7. The van der Waals surface area contributed by atoms with Crippen molar-refractivity contribution in [2.45, 2.75) is 26.2 Å². The van der Waals surface area contributed by atoms with Crippen LogP contribution in [0.15, 0.2) is 186 Å². The number of fused-ring (bicyclic) bond motifs is 3. The topological polar surface area (TPSA) is 37.6 Å². The number of hydrogen-bond donors (Lipinski definition) is 0. The van der Waals surface area contributed by atoms with E-state index in [0.717, 1.165) is 44.9 Å². The van der Waals surface area contributed by atoms with E-state index in [1.165, 1.54) is 33.4 Å². The molecular formula is C49H39N3. The lowest BCUT2D eigenvalue weighted by atomic mass is 9.67. The van der Waals surface area contributed by atoms with Crippen LogP contribution in [0.1, 0.15) is 57.3 Å². The molecule has 1 aliphatic carbocycles. The molecule has 0 aliphatic heterocycles. The number of rotatable bonds is 7. The van der Waals surface area contributed by atoms with E-state index < -0.39 is 5.41 Å². The van der Waals surface area contributed by atoms with Gasteiger partial charge in [-0.25, -0.2) is 9.98 Å². The first-order chi connectivity index (χ1) is 25.4. The summed E-state index contributed by atoms with van der Waals surface area (Å²) >= 11 is 0. The van der Waals surface area contributed by atoms with E-state index in [1.54, 1.807) is 0 Å². The summed E-state index contributed by atoms with van der Waals surface area (Å²) in [6.07, 6.45) is 0. The summed E-state index contributed by atoms with van der Waals surface area (Å²) in [5, 5.41) is 0. The van der Waals surface area contributed by atoms with Crippen molar-refractivity contribution in [3.05, 3.63) is 227 Å². The van der Waals surface area contributed by atoms with E-state index in [1.807, 2.05) is 38.1 Å². The zero-order valence-corrected chi connectivity index (χ0v) is 29.7. The Morgan fingerprint density at radius 1 is 0.519 bits per heavy atom. The highest BCUT2D eigenvalue weighted by Crippen LogP contribution is 2.56. The molecule has 0 amide bonds. The van der Waals surface area contributed by atoms with Crippen LogP contribution in [0.4, 0.5) is 0 Å². The molecule has 0 bridgehead atoms. The zero-order valence-electron chi connectivity index (χ0n) is 29.7. The molecule has 1 aliphatic rings. The van der Waals surface area contributed by atoms with Crippen LogP contribution in [0.2, 0.25) is 0 Å². The van der Waals surface area contributed by atoms with Gasteiger partial charge in [0.15, 0.2) is 5.84 Å². The second-order valence-electron chi connectivity index (χ2n) is 13.4. The van der Waals surface area contributed by atoms with Gasteiger partial charge in [-0.15, -0.1) is 0 Å². The van der Waals surface area contributed by atoms with Gasteiger partial charge in [0, 0.05) is 33.8 Å². The third-order valence-electron chi connectivity index (χ3n) is 10.2. The number of amidine groups is 1. The number of aromatic nitrogens is 1. The van der Waals surface area contributed by atoms with Crippen molar-refractivity contribution in [1.82, 2.24) is 4.98 Å².